The normalized spacial score (nSPS) is 19.7. The van der Waals surface area contributed by atoms with E-state index in [1.54, 1.807) is 0 Å². The summed E-state index contributed by atoms with van der Waals surface area (Å²) in [4.78, 5) is 24.4. The summed E-state index contributed by atoms with van der Waals surface area (Å²) >= 11 is 0. The summed E-state index contributed by atoms with van der Waals surface area (Å²) in [6.45, 7) is 7.74. The van der Waals surface area contributed by atoms with Gasteiger partial charge >= 0.3 is 5.97 Å². The van der Waals surface area contributed by atoms with E-state index in [4.69, 9.17) is 19.4 Å². The van der Waals surface area contributed by atoms with Gasteiger partial charge in [-0.15, -0.1) is 0 Å². The predicted octanol–water partition coefficient (Wildman–Crippen LogP) is 4.36. The zero-order valence-corrected chi connectivity index (χ0v) is 18.7. The van der Waals surface area contributed by atoms with Gasteiger partial charge in [0.25, 0.3) is 0 Å². The van der Waals surface area contributed by atoms with Crippen LogP contribution in [0.15, 0.2) is 24.3 Å². The molecule has 0 unspecified atom stereocenters. The molecule has 2 aromatic rings. The van der Waals surface area contributed by atoms with Gasteiger partial charge in [-0.05, 0) is 32.4 Å². The second kappa shape index (κ2) is 11.1. The van der Waals surface area contributed by atoms with Crippen LogP contribution in [0.3, 0.4) is 0 Å². The molecule has 3 rings (SSSR count). The molecule has 1 aromatic heterocycles. The van der Waals surface area contributed by atoms with Gasteiger partial charge in [0.05, 0.1) is 35.9 Å². The molecule has 1 saturated heterocycles. The van der Waals surface area contributed by atoms with Crippen LogP contribution in [0.4, 0.5) is 5.82 Å². The zero-order valence-electron chi connectivity index (χ0n) is 18.7. The van der Waals surface area contributed by atoms with Crippen LogP contribution < -0.4 is 4.90 Å². The molecule has 1 aliphatic heterocycles. The number of nitriles is 1. The molecular weight excluding hydrogens is 392 g/mol. The molecule has 1 aliphatic rings. The first-order chi connectivity index (χ1) is 15.0. The summed E-state index contributed by atoms with van der Waals surface area (Å²) in [5.41, 5.74) is 1.75. The van der Waals surface area contributed by atoms with Crippen molar-refractivity contribution in [3.63, 3.8) is 0 Å². The van der Waals surface area contributed by atoms with Gasteiger partial charge in [-0.25, -0.2) is 9.97 Å². The van der Waals surface area contributed by atoms with E-state index < -0.39 is 11.9 Å². The Morgan fingerprint density at radius 1 is 1.16 bits per heavy atom. The highest BCUT2D eigenvalue weighted by atomic mass is 16.5. The molecule has 0 saturated carbocycles. The number of hydrogen-bond donors (Lipinski definition) is 0. The van der Waals surface area contributed by atoms with E-state index >= 15 is 0 Å². The maximum atomic E-state index is 12.8. The minimum atomic E-state index is -1.11. The van der Waals surface area contributed by atoms with Crippen molar-refractivity contribution >= 4 is 22.8 Å². The minimum absolute atomic E-state index is 0.0143. The topological polar surface area (TPSA) is 88.3 Å². The smallest absolute Gasteiger partial charge is 0.329 e. The van der Waals surface area contributed by atoms with E-state index in [0.717, 1.165) is 24.8 Å². The van der Waals surface area contributed by atoms with Crippen molar-refractivity contribution in [3.05, 3.63) is 30.0 Å². The Labute approximate surface area is 184 Å². The number of fused-ring (bicyclic) bond motifs is 1. The van der Waals surface area contributed by atoms with E-state index in [1.807, 2.05) is 38.1 Å². The van der Waals surface area contributed by atoms with Crippen molar-refractivity contribution in [2.75, 3.05) is 24.6 Å². The molecule has 0 spiro atoms. The Morgan fingerprint density at radius 2 is 1.81 bits per heavy atom. The van der Waals surface area contributed by atoms with Gasteiger partial charge in [-0.1, -0.05) is 44.7 Å². The summed E-state index contributed by atoms with van der Waals surface area (Å²) in [5.74, 6) is -1.11. The summed E-state index contributed by atoms with van der Waals surface area (Å²) in [5, 5.41) is 9.86. The van der Waals surface area contributed by atoms with E-state index in [2.05, 4.69) is 17.9 Å². The number of hydrogen-bond acceptors (Lipinski definition) is 7. The van der Waals surface area contributed by atoms with Crippen LogP contribution in [0, 0.1) is 11.3 Å². The molecule has 0 bridgehead atoms. The second-order valence-electron chi connectivity index (χ2n) is 8.23. The number of carbonyl (C=O) groups excluding carboxylic acids is 1. The number of nitrogens with zero attached hydrogens (tertiary/aromatic N) is 4. The average molecular weight is 425 g/mol. The molecule has 7 heteroatoms. The minimum Gasteiger partial charge on any atom is -0.464 e. The first-order valence-electron chi connectivity index (χ1n) is 11.3. The summed E-state index contributed by atoms with van der Waals surface area (Å²) in [6, 6.07) is 9.61. The lowest BCUT2D eigenvalue weighted by atomic mass is 10.1. The number of aromatic nitrogens is 2. The van der Waals surface area contributed by atoms with Crippen molar-refractivity contribution in [1.82, 2.24) is 9.97 Å². The first kappa shape index (κ1) is 23.0. The molecule has 166 valence electrons. The van der Waals surface area contributed by atoms with Crippen LogP contribution >= 0.6 is 0 Å². The molecule has 31 heavy (non-hydrogen) atoms. The maximum Gasteiger partial charge on any atom is 0.329 e. The van der Waals surface area contributed by atoms with Gasteiger partial charge in [0.1, 0.15) is 5.69 Å². The summed E-state index contributed by atoms with van der Waals surface area (Å²) < 4.78 is 11.3. The average Bonchev–Trinajstić information content (AvgIpc) is 2.75. The van der Waals surface area contributed by atoms with E-state index in [0.29, 0.717) is 36.7 Å². The Morgan fingerprint density at radius 3 is 2.45 bits per heavy atom. The molecule has 0 amide bonds. The second-order valence-corrected chi connectivity index (χ2v) is 8.23. The van der Waals surface area contributed by atoms with Crippen LogP contribution in [0.25, 0.3) is 11.0 Å². The number of unbranched alkanes of at least 4 members (excludes halogenated alkanes) is 4. The predicted molar refractivity (Wildman–Crippen MR) is 120 cm³/mol. The quantitative estimate of drug-likeness (QED) is 0.436. The number of benzene rings is 1. The first-order valence-corrected chi connectivity index (χ1v) is 11.3. The molecule has 3 atom stereocenters. The fraction of sp³-hybridized carbons (Fsp3) is 0.583. The number of esters is 1. The number of ether oxygens (including phenoxy) is 2. The van der Waals surface area contributed by atoms with Gasteiger partial charge < -0.3 is 14.4 Å². The Balaban J connectivity index is 1.85. The Bertz CT molecular complexity index is 917. The van der Waals surface area contributed by atoms with Gasteiger partial charge in [0.15, 0.2) is 11.7 Å². The van der Waals surface area contributed by atoms with Gasteiger partial charge in [0.2, 0.25) is 0 Å². The van der Waals surface area contributed by atoms with Crippen molar-refractivity contribution in [1.29, 1.82) is 5.26 Å². The molecule has 2 heterocycles. The SMILES string of the molecule is CCCCCCCOC(=O)[C@H](C#N)c1nc2ccccc2nc1N1C[C@@H](C)O[C@@H](C)C1. The highest BCUT2D eigenvalue weighted by molar-refractivity contribution is 5.85. The summed E-state index contributed by atoms with van der Waals surface area (Å²) in [6.07, 6.45) is 5.32. The number of carbonyl (C=O) groups is 1. The molecule has 7 nitrogen and oxygen atoms in total. The van der Waals surface area contributed by atoms with Crippen LogP contribution in [0.1, 0.15) is 64.5 Å². The Kier molecular flexibility index (Phi) is 8.19. The van der Waals surface area contributed by atoms with Crippen molar-refractivity contribution in [3.8, 4) is 6.07 Å². The Hall–Kier alpha value is -2.72. The zero-order chi connectivity index (χ0) is 22.2. The van der Waals surface area contributed by atoms with Crippen molar-refractivity contribution < 1.29 is 14.3 Å². The molecule has 0 aliphatic carbocycles. The van der Waals surface area contributed by atoms with Crippen LogP contribution in [-0.4, -0.2) is 47.8 Å². The third-order valence-electron chi connectivity index (χ3n) is 5.43. The lowest BCUT2D eigenvalue weighted by molar-refractivity contribution is -0.144. The summed E-state index contributed by atoms with van der Waals surface area (Å²) in [7, 11) is 0. The van der Waals surface area contributed by atoms with Gasteiger partial charge in [-0.2, -0.15) is 5.26 Å². The standard InChI is InChI=1S/C24H32N4O3/c1-4-5-6-7-10-13-30-24(29)19(14-25)22-23(28-15-17(2)31-18(3)16-28)27-21-12-9-8-11-20(21)26-22/h8-9,11-12,17-19H,4-7,10,13,15-16H2,1-3H3/t17-,18+,19-/m1/s1. The van der Waals surface area contributed by atoms with Gasteiger partial charge in [-0.3, -0.25) is 4.79 Å². The van der Waals surface area contributed by atoms with Crippen LogP contribution in [0.2, 0.25) is 0 Å². The number of morpholine rings is 1. The number of para-hydroxylation sites is 2. The third-order valence-corrected chi connectivity index (χ3v) is 5.43. The van der Waals surface area contributed by atoms with E-state index in [1.165, 1.54) is 12.8 Å². The van der Waals surface area contributed by atoms with E-state index in [9.17, 15) is 10.1 Å². The van der Waals surface area contributed by atoms with Crippen LogP contribution in [0.5, 0.6) is 0 Å². The van der Waals surface area contributed by atoms with Crippen molar-refractivity contribution in [2.45, 2.75) is 71.0 Å². The lowest BCUT2D eigenvalue weighted by Gasteiger charge is -2.37. The van der Waals surface area contributed by atoms with Gasteiger partial charge in [0, 0.05) is 13.1 Å². The maximum absolute atomic E-state index is 12.8. The molecule has 1 aromatic carbocycles. The fourth-order valence-corrected chi connectivity index (χ4v) is 3.97. The highest BCUT2D eigenvalue weighted by Gasteiger charge is 2.32. The molecular formula is C24H32N4O3. The molecule has 0 radical (unpaired) electrons. The fourth-order valence-electron chi connectivity index (χ4n) is 3.97. The number of rotatable bonds is 9. The number of anilines is 1. The van der Waals surface area contributed by atoms with Crippen molar-refractivity contribution in [2.24, 2.45) is 0 Å². The lowest BCUT2D eigenvalue weighted by Crippen LogP contribution is -2.46. The van der Waals surface area contributed by atoms with E-state index in [-0.39, 0.29) is 12.2 Å². The van der Waals surface area contributed by atoms with Crippen LogP contribution in [-0.2, 0) is 14.3 Å². The largest absolute Gasteiger partial charge is 0.464 e. The molecule has 0 N–H and O–H groups in total. The molecule has 1 fully saturated rings. The monoisotopic (exact) mass is 424 g/mol. The third kappa shape index (κ3) is 5.92. The highest BCUT2D eigenvalue weighted by Crippen LogP contribution is 2.30.